The maximum atomic E-state index is 8.93. The molecule has 0 aromatic rings. The second-order valence-corrected chi connectivity index (χ2v) is 2.25. The Morgan fingerprint density at radius 2 is 2.11 bits per heavy atom. The molecule has 9 heavy (non-hydrogen) atoms. The van der Waals surface area contributed by atoms with E-state index in [4.69, 9.17) is 15.9 Å². The first-order valence-electron chi connectivity index (χ1n) is 2.93. The summed E-state index contributed by atoms with van der Waals surface area (Å²) in [5.41, 5.74) is 5.38. The van der Waals surface area contributed by atoms with E-state index in [9.17, 15) is 0 Å². The third-order valence-corrected chi connectivity index (χ3v) is 1.43. The monoisotopic (exact) mass is 133 g/mol. The molecular formula is C5H11NO3. The first-order chi connectivity index (χ1) is 4.20. The van der Waals surface area contributed by atoms with Crippen molar-refractivity contribution in [1.82, 2.24) is 0 Å². The number of hydrogen-bond acceptors (Lipinski definition) is 4. The molecule has 1 rings (SSSR count). The molecule has 0 aliphatic carbocycles. The summed E-state index contributed by atoms with van der Waals surface area (Å²) in [6, 6.07) is -0.339. The van der Waals surface area contributed by atoms with Crippen LogP contribution in [0.5, 0.6) is 0 Å². The van der Waals surface area contributed by atoms with E-state index in [0.29, 0.717) is 6.42 Å². The SMILES string of the molecule is NC1CC(O)OCC1O. The molecule has 1 aliphatic rings. The Labute approximate surface area is 53.2 Å². The molecule has 0 aromatic heterocycles. The number of rotatable bonds is 0. The lowest BCUT2D eigenvalue weighted by molar-refractivity contribution is -0.162. The van der Waals surface area contributed by atoms with Gasteiger partial charge in [0.15, 0.2) is 6.29 Å². The van der Waals surface area contributed by atoms with Crippen molar-refractivity contribution in [1.29, 1.82) is 0 Å². The normalized spacial score (nSPS) is 45.0. The van der Waals surface area contributed by atoms with Crippen molar-refractivity contribution in [2.75, 3.05) is 6.61 Å². The smallest absolute Gasteiger partial charge is 0.156 e. The van der Waals surface area contributed by atoms with Crippen molar-refractivity contribution in [2.45, 2.75) is 24.9 Å². The maximum Gasteiger partial charge on any atom is 0.156 e. The van der Waals surface area contributed by atoms with Gasteiger partial charge in [-0.2, -0.15) is 0 Å². The van der Waals surface area contributed by atoms with E-state index in [2.05, 4.69) is 4.74 Å². The summed E-state index contributed by atoms with van der Waals surface area (Å²) in [6.45, 7) is 0.141. The van der Waals surface area contributed by atoms with Crippen molar-refractivity contribution in [3.05, 3.63) is 0 Å². The van der Waals surface area contributed by atoms with E-state index in [1.807, 2.05) is 0 Å². The molecule has 4 nitrogen and oxygen atoms in total. The Balaban J connectivity index is 2.35. The molecule has 0 amide bonds. The van der Waals surface area contributed by atoms with Gasteiger partial charge in [-0.1, -0.05) is 0 Å². The second kappa shape index (κ2) is 2.62. The van der Waals surface area contributed by atoms with Crippen molar-refractivity contribution in [3.63, 3.8) is 0 Å². The van der Waals surface area contributed by atoms with Crippen LogP contribution in [0.3, 0.4) is 0 Å². The average molecular weight is 133 g/mol. The van der Waals surface area contributed by atoms with Gasteiger partial charge in [-0.25, -0.2) is 0 Å². The summed E-state index contributed by atoms with van der Waals surface area (Å²) < 4.78 is 4.69. The van der Waals surface area contributed by atoms with Crippen LogP contribution in [0.25, 0.3) is 0 Å². The molecular weight excluding hydrogens is 122 g/mol. The molecule has 0 aromatic carbocycles. The lowest BCUT2D eigenvalue weighted by Gasteiger charge is -2.27. The number of hydrogen-bond donors (Lipinski definition) is 3. The van der Waals surface area contributed by atoms with Gasteiger partial charge in [-0.3, -0.25) is 0 Å². The predicted octanol–water partition coefficient (Wildman–Crippen LogP) is -1.59. The molecule has 0 spiro atoms. The molecule has 1 aliphatic heterocycles. The molecule has 1 heterocycles. The van der Waals surface area contributed by atoms with Crippen LogP contribution in [0, 0.1) is 0 Å². The van der Waals surface area contributed by atoms with Gasteiger partial charge in [-0.05, 0) is 0 Å². The van der Waals surface area contributed by atoms with Crippen LogP contribution in [0.1, 0.15) is 6.42 Å². The zero-order chi connectivity index (χ0) is 6.85. The molecule has 0 radical (unpaired) electrons. The zero-order valence-electron chi connectivity index (χ0n) is 5.03. The standard InChI is InChI=1S/C5H11NO3/c6-3-1-5(8)9-2-4(3)7/h3-5,7-8H,1-2,6H2. The van der Waals surface area contributed by atoms with E-state index in [0.717, 1.165) is 0 Å². The van der Waals surface area contributed by atoms with Gasteiger partial charge in [0.2, 0.25) is 0 Å². The van der Waals surface area contributed by atoms with E-state index in [-0.39, 0.29) is 12.6 Å². The van der Waals surface area contributed by atoms with E-state index in [1.54, 1.807) is 0 Å². The van der Waals surface area contributed by atoms with Gasteiger partial charge in [-0.15, -0.1) is 0 Å². The fraction of sp³-hybridized carbons (Fsp3) is 1.00. The van der Waals surface area contributed by atoms with Crippen molar-refractivity contribution >= 4 is 0 Å². The highest BCUT2D eigenvalue weighted by Crippen LogP contribution is 2.09. The first kappa shape index (κ1) is 6.95. The van der Waals surface area contributed by atoms with Gasteiger partial charge in [0, 0.05) is 12.5 Å². The van der Waals surface area contributed by atoms with Crippen molar-refractivity contribution < 1.29 is 14.9 Å². The van der Waals surface area contributed by atoms with Crippen molar-refractivity contribution in [2.24, 2.45) is 5.73 Å². The Hall–Kier alpha value is -0.160. The van der Waals surface area contributed by atoms with E-state index in [1.165, 1.54) is 0 Å². The summed E-state index contributed by atoms with van der Waals surface area (Å²) in [5, 5.41) is 17.7. The van der Waals surface area contributed by atoms with E-state index >= 15 is 0 Å². The topological polar surface area (TPSA) is 75.7 Å². The Bertz CT molecular complexity index is 98.2. The van der Waals surface area contributed by atoms with Gasteiger partial charge < -0.3 is 20.7 Å². The van der Waals surface area contributed by atoms with Crippen molar-refractivity contribution in [3.8, 4) is 0 Å². The molecule has 1 fully saturated rings. The summed E-state index contributed by atoms with van der Waals surface area (Å²) in [6.07, 6.45) is -1.09. The zero-order valence-corrected chi connectivity index (χ0v) is 5.03. The number of nitrogens with two attached hydrogens (primary N) is 1. The second-order valence-electron chi connectivity index (χ2n) is 2.25. The summed E-state index contributed by atoms with van der Waals surface area (Å²) >= 11 is 0. The highest BCUT2D eigenvalue weighted by atomic mass is 16.6. The lowest BCUT2D eigenvalue weighted by Crippen LogP contribution is -2.46. The van der Waals surface area contributed by atoms with Gasteiger partial charge >= 0.3 is 0 Å². The fourth-order valence-corrected chi connectivity index (χ4v) is 0.791. The minimum Gasteiger partial charge on any atom is -0.389 e. The average Bonchev–Trinajstić information content (AvgIpc) is 1.80. The molecule has 0 saturated carbocycles. The molecule has 0 bridgehead atoms. The minimum atomic E-state index is -0.789. The van der Waals surface area contributed by atoms with Gasteiger partial charge in [0.05, 0.1) is 12.7 Å². The molecule has 3 unspecified atom stereocenters. The van der Waals surface area contributed by atoms with Crippen LogP contribution in [0.4, 0.5) is 0 Å². The highest BCUT2D eigenvalue weighted by molar-refractivity contribution is 4.76. The quantitative estimate of drug-likeness (QED) is 0.372. The lowest BCUT2D eigenvalue weighted by atomic mass is 10.1. The highest BCUT2D eigenvalue weighted by Gasteiger charge is 2.25. The molecule has 4 N–H and O–H groups in total. The third kappa shape index (κ3) is 1.62. The summed E-state index contributed by atoms with van der Waals surface area (Å²) in [7, 11) is 0. The molecule has 4 heteroatoms. The maximum absolute atomic E-state index is 8.93. The largest absolute Gasteiger partial charge is 0.389 e. The third-order valence-electron chi connectivity index (χ3n) is 1.43. The molecule has 1 saturated heterocycles. The predicted molar refractivity (Wildman–Crippen MR) is 30.6 cm³/mol. The number of aliphatic hydroxyl groups is 2. The fourth-order valence-electron chi connectivity index (χ4n) is 0.791. The van der Waals surface area contributed by atoms with Crippen LogP contribution >= 0.6 is 0 Å². The van der Waals surface area contributed by atoms with Crippen LogP contribution in [-0.4, -0.2) is 35.3 Å². The minimum absolute atomic E-state index is 0.141. The van der Waals surface area contributed by atoms with Gasteiger partial charge in [0.1, 0.15) is 0 Å². The first-order valence-corrected chi connectivity index (χ1v) is 2.93. The van der Waals surface area contributed by atoms with Crippen LogP contribution < -0.4 is 5.73 Å². The Morgan fingerprint density at radius 3 is 2.56 bits per heavy atom. The summed E-state index contributed by atoms with van der Waals surface area (Å²) in [5.74, 6) is 0. The Kier molecular flexibility index (Phi) is 2.02. The Morgan fingerprint density at radius 1 is 1.44 bits per heavy atom. The van der Waals surface area contributed by atoms with Crippen LogP contribution in [0.2, 0.25) is 0 Å². The number of ether oxygens (including phenoxy) is 1. The molecule has 54 valence electrons. The van der Waals surface area contributed by atoms with Crippen LogP contribution in [-0.2, 0) is 4.74 Å². The van der Waals surface area contributed by atoms with Gasteiger partial charge in [0.25, 0.3) is 0 Å². The summed E-state index contributed by atoms with van der Waals surface area (Å²) in [4.78, 5) is 0. The molecule has 3 atom stereocenters. The number of aliphatic hydroxyl groups excluding tert-OH is 2. The van der Waals surface area contributed by atoms with Crippen LogP contribution in [0.15, 0.2) is 0 Å². The van der Waals surface area contributed by atoms with E-state index < -0.39 is 12.4 Å².